The van der Waals surface area contributed by atoms with Gasteiger partial charge >= 0.3 is 0 Å². The Morgan fingerprint density at radius 1 is 1.18 bits per heavy atom. The zero-order chi connectivity index (χ0) is 12.6. The molecule has 0 fully saturated rings. The molecule has 0 unspecified atom stereocenters. The van der Waals surface area contributed by atoms with E-state index in [4.69, 9.17) is 11.5 Å². The van der Waals surface area contributed by atoms with Crippen molar-refractivity contribution in [2.45, 2.75) is 0 Å². The highest BCUT2D eigenvalue weighted by Crippen LogP contribution is 2.30. The molecule has 0 atom stereocenters. The van der Waals surface area contributed by atoms with Gasteiger partial charge in [-0.05, 0) is 17.7 Å². The quantitative estimate of drug-likeness (QED) is 0.440. The standard InChI is InChI=1S/C10H10N4O3/c11-8-7(9(17)14-10(12)13-8)4-1-2-5(15)6(16)3-4/h1-3,15-16H,(H5,11,12,13,14,17). The van der Waals surface area contributed by atoms with Crippen molar-refractivity contribution in [1.29, 1.82) is 0 Å². The van der Waals surface area contributed by atoms with Crippen molar-refractivity contribution >= 4 is 11.8 Å². The van der Waals surface area contributed by atoms with Gasteiger partial charge in [-0.1, -0.05) is 6.07 Å². The van der Waals surface area contributed by atoms with Gasteiger partial charge in [0.1, 0.15) is 5.82 Å². The number of phenolic OH excluding ortho intramolecular Hbond substituents is 2. The number of aromatic hydroxyl groups is 2. The van der Waals surface area contributed by atoms with E-state index < -0.39 is 5.56 Å². The van der Waals surface area contributed by atoms with E-state index in [1.807, 2.05) is 0 Å². The molecule has 88 valence electrons. The number of nitrogens with zero attached hydrogens (tertiary/aromatic N) is 1. The summed E-state index contributed by atoms with van der Waals surface area (Å²) in [6.45, 7) is 0. The fourth-order valence-electron chi connectivity index (χ4n) is 1.47. The van der Waals surface area contributed by atoms with Crippen LogP contribution in [0.25, 0.3) is 11.1 Å². The Hall–Kier alpha value is -2.70. The monoisotopic (exact) mass is 234 g/mol. The van der Waals surface area contributed by atoms with Crippen LogP contribution in [0, 0.1) is 0 Å². The van der Waals surface area contributed by atoms with Crippen molar-refractivity contribution in [1.82, 2.24) is 9.97 Å². The number of benzene rings is 1. The van der Waals surface area contributed by atoms with Gasteiger partial charge in [-0.3, -0.25) is 9.78 Å². The molecule has 1 heterocycles. The van der Waals surface area contributed by atoms with Gasteiger partial charge in [0.25, 0.3) is 5.56 Å². The Bertz CT molecular complexity index is 636. The third-order valence-electron chi connectivity index (χ3n) is 2.23. The maximum Gasteiger partial charge on any atom is 0.262 e. The number of nitrogens with two attached hydrogens (primary N) is 2. The molecule has 7 nitrogen and oxygen atoms in total. The Labute approximate surface area is 95.4 Å². The smallest absolute Gasteiger partial charge is 0.262 e. The summed E-state index contributed by atoms with van der Waals surface area (Å²) < 4.78 is 0. The van der Waals surface area contributed by atoms with Gasteiger partial charge < -0.3 is 21.7 Å². The second kappa shape index (κ2) is 3.71. The molecule has 2 rings (SSSR count). The van der Waals surface area contributed by atoms with Crippen LogP contribution in [0.5, 0.6) is 11.5 Å². The molecule has 1 aromatic carbocycles. The molecule has 2 aromatic rings. The first-order chi connectivity index (χ1) is 7.99. The molecule has 0 aliphatic carbocycles. The van der Waals surface area contributed by atoms with Crippen LogP contribution < -0.4 is 17.0 Å². The number of rotatable bonds is 1. The number of anilines is 2. The van der Waals surface area contributed by atoms with Crippen molar-refractivity contribution in [3.05, 3.63) is 28.6 Å². The Morgan fingerprint density at radius 3 is 2.47 bits per heavy atom. The average molecular weight is 234 g/mol. The van der Waals surface area contributed by atoms with Gasteiger partial charge in [-0.15, -0.1) is 0 Å². The second-order valence-electron chi connectivity index (χ2n) is 3.41. The summed E-state index contributed by atoms with van der Waals surface area (Å²) in [6, 6.07) is 3.90. The number of nitrogen functional groups attached to an aromatic ring is 2. The van der Waals surface area contributed by atoms with Crippen molar-refractivity contribution in [3.8, 4) is 22.6 Å². The number of hydrogen-bond acceptors (Lipinski definition) is 6. The van der Waals surface area contributed by atoms with Gasteiger partial charge in [0.2, 0.25) is 5.95 Å². The Morgan fingerprint density at radius 2 is 1.88 bits per heavy atom. The lowest BCUT2D eigenvalue weighted by atomic mass is 10.1. The summed E-state index contributed by atoms with van der Waals surface area (Å²) in [5.74, 6) is -0.763. The Balaban J connectivity index is 2.69. The van der Waals surface area contributed by atoms with Gasteiger partial charge in [-0.2, -0.15) is 4.98 Å². The molecule has 7 heteroatoms. The molecule has 0 spiro atoms. The fourth-order valence-corrected chi connectivity index (χ4v) is 1.47. The number of aromatic amines is 1. The minimum Gasteiger partial charge on any atom is -0.504 e. The van der Waals surface area contributed by atoms with Crippen molar-refractivity contribution in [2.75, 3.05) is 11.5 Å². The second-order valence-corrected chi connectivity index (χ2v) is 3.41. The average Bonchev–Trinajstić information content (AvgIpc) is 2.21. The lowest BCUT2D eigenvalue weighted by Gasteiger charge is -2.06. The van der Waals surface area contributed by atoms with Crippen molar-refractivity contribution < 1.29 is 10.2 Å². The van der Waals surface area contributed by atoms with E-state index in [-0.39, 0.29) is 28.8 Å². The first-order valence-electron chi connectivity index (χ1n) is 4.66. The van der Waals surface area contributed by atoms with E-state index in [0.29, 0.717) is 5.56 Å². The first kappa shape index (κ1) is 10.8. The van der Waals surface area contributed by atoms with Gasteiger partial charge in [0.15, 0.2) is 11.5 Å². The third kappa shape index (κ3) is 1.85. The van der Waals surface area contributed by atoms with E-state index in [1.165, 1.54) is 18.2 Å². The van der Waals surface area contributed by atoms with Crippen LogP contribution in [0.15, 0.2) is 23.0 Å². The molecule has 0 bridgehead atoms. The zero-order valence-electron chi connectivity index (χ0n) is 8.64. The summed E-state index contributed by atoms with van der Waals surface area (Å²) in [6.07, 6.45) is 0. The minimum atomic E-state index is -0.514. The molecule has 0 radical (unpaired) electrons. The fraction of sp³-hybridized carbons (Fsp3) is 0. The first-order valence-corrected chi connectivity index (χ1v) is 4.66. The SMILES string of the molecule is Nc1nc(N)c(-c2ccc(O)c(O)c2)c(=O)[nH]1. The number of hydrogen-bond donors (Lipinski definition) is 5. The van der Waals surface area contributed by atoms with Gasteiger partial charge in [0.05, 0.1) is 5.56 Å². The predicted octanol–water partition coefficient (Wildman–Crippen LogP) is 0.0125. The van der Waals surface area contributed by atoms with E-state index >= 15 is 0 Å². The normalized spacial score (nSPS) is 10.4. The van der Waals surface area contributed by atoms with Crippen LogP contribution in [-0.2, 0) is 0 Å². The van der Waals surface area contributed by atoms with Crippen LogP contribution in [0.1, 0.15) is 0 Å². The van der Waals surface area contributed by atoms with E-state index in [0.717, 1.165) is 0 Å². The highest BCUT2D eigenvalue weighted by molar-refractivity contribution is 5.75. The largest absolute Gasteiger partial charge is 0.504 e. The summed E-state index contributed by atoms with van der Waals surface area (Å²) in [4.78, 5) is 17.7. The van der Waals surface area contributed by atoms with Crippen molar-refractivity contribution in [3.63, 3.8) is 0 Å². The zero-order valence-corrected chi connectivity index (χ0v) is 8.64. The molecule has 0 amide bonds. The molecule has 0 saturated carbocycles. The lowest BCUT2D eigenvalue weighted by molar-refractivity contribution is 0.404. The van der Waals surface area contributed by atoms with Crippen LogP contribution in [0.3, 0.4) is 0 Å². The van der Waals surface area contributed by atoms with Gasteiger partial charge in [0, 0.05) is 0 Å². The number of phenols is 2. The molecule has 0 aliphatic heterocycles. The number of nitrogens with one attached hydrogen (secondary N) is 1. The summed E-state index contributed by atoms with van der Waals surface area (Å²) in [5.41, 5.74) is 10.8. The van der Waals surface area contributed by atoms with E-state index in [1.54, 1.807) is 0 Å². The molecule has 0 saturated heterocycles. The maximum atomic E-state index is 11.7. The summed E-state index contributed by atoms with van der Waals surface area (Å²) >= 11 is 0. The van der Waals surface area contributed by atoms with Gasteiger partial charge in [-0.25, -0.2) is 0 Å². The highest BCUT2D eigenvalue weighted by Gasteiger charge is 2.12. The molecule has 7 N–H and O–H groups in total. The van der Waals surface area contributed by atoms with Crippen molar-refractivity contribution in [2.24, 2.45) is 0 Å². The third-order valence-corrected chi connectivity index (χ3v) is 2.23. The molecular weight excluding hydrogens is 224 g/mol. The number of aromatic nitrogens is 2. The minimum absolute atomic E-state index is 0.0451. The maximum absolute atomic E-state index is 11.7. The Kier molecular flexibility index (Phi) is 2.36. The molecular formula is C10H10N4O3. The molecule has 17 heavy (non-hydrogen) atoms. The number of H-pyrrole nitrogens is 1. The van der Waals surface area contributed by atoms with Crippen LogP contribution in [-0.4, -0.2) is 20.2 Å². The predicted molar refractivity (Wildman–Crippen MR) is 62.4 cm³/mol. The van der Waals surface area contributed by atoms with Crippen LogP contribution >= 0.6 is 0 Å². The topological polar surface area (TPSA) is 138 Å². The van der Waals surface area contributed by atoms with Crippen LogP contribution in [0.4, 0.5) is 11.8 Å². The van der Waals surface area contributed by atoms with E-state index in [2.05, 4.69) is 9.97 Å². The highest BCUT2D eigenvalue weighted by atomic mass is 16.3. The molecule has 0 aliphatic rings. The molecule has 1 aromatic heterocycles. The van der Waals surface area contributed by atoms with E-state index in [9.17, 15) is 15.0 Å². The lowest BCUT2D eigenvalue weighted by Crippen LogP contribution is -2.16. The van der Waals surface area contributed by atoms with Crippen LogP contribution in [0.2, 0.25) is 0 Å². The summed E-state index contributed by atoms with van der Waals surface area (Å²) in [5, 5.41) is 18.5. The summed E-state index contributed by atoms with van der Waals surface area (Å²) in [7, 11) is 0.